The van der Waals surface area contributed by atoms with E-state index in [0.717, 1.165) is 12.8 Å². The summed E-state index contributed by atoms with van der Waals surface area (Å²) in [6, 6.07) is 1.70. The van der Waals surface area contributed by atoms with Crippen LogP contribution in [0.2, 0.25) is 0 Å². The molecule has 3 heteroatoms. The molecule has 0 radical (unpaired) electrons. The Morgan fingerprint density at radius 2 is 2.40 bits per heavy atom. The largest absolute Gasteiger partial charge is 0.341 e. The Kier molecular flexibility index (Phi) is 4.30. The van der Waals surface area contributed by atoms with E-state index >= 15 is 0 Å². The minimum atomic E-state index is -0.303. The molecule has 0 bridgehead atoms. The lowest BCUT2D eigenvalue weighted by Gasteiger charge is -2.06. The van der Waals surface area contributed by atoms with Crippen molar-refractivity contribution in [3.8, 4) is 6.07 Å². The van der Waals surface area contributed by atoms with Crippen LogP contribution in [0.15, 0.2) is 0 Å². The van der Waals surface area contributed by atoms with E-state index in [-0.39, 0.29) is 11.9 Å². The number of rotatable bonds is 3. The van der Waals surface area contributed by atoms with Gasteiger partial charge in [-0.15, -0.1) is 0 Å². The van der Waals surface area contributed by atoms with Crippen LogP contribution in [0, 0.1) is 11.3 Å². The molecule has 0 aromatic heterocycles. The maximum atomic E-state index is 10.4. The molecule has 0 aliphatic rings. The minimum Gasteiger partial charge on any atom is -0.341 e. The van der Waals surface area contributed by atoms with Crippen LogP contribution in [-0.2, 0) is 4.79 Å². The topological polar surface area (TPSA) is 52.9 Å². The highest BCUT2D eigenvalue weighted by Gasteiger charge is 2.04. The van der Waals surface area contributed by atoms with Gasteiger partial charge in [0.25, 0.3) is 0 Å². The lowest BCUT2D eigenvalue weighted by molar-refractivity contribution is -0.119. The molecule has 0 aliphatic carbocycles. The van der Waals surface area contributed by atoms with Crippen LogP contribution in [-0.4, -0.2) is 11.9 Å². The number of nitriles is 1. The Morgan fingerprint density at radius 1 is 1.80 bits per heavy atom. The summed E-state index contributed by atoms with van der Waals surface area (Å²) < 4.78 is 0. The maximum Gasteiger partial charge on any atom is 0.217 e. The number of hydrogen-bond donors (Lipinski definition) is 1. The Balaban J connectivity index is 3.63. The van der Waals surface area contributed by atoms with Gasteiger partial charge in [-0.25, -0.2) is 0 Å². The zero-order chi connectivity index (χ0) is 7.98. The van der Waals surface area contributed by atoms with Crippen molar-refractivity contribution in [2.24, 2.45) is 0 Å². The molecule has 0 fully saturated rings. The Morgan fingerprint density at radius 3 is 2.70 bits per heavy atom. The molecule has 3 nitrogen and oxygen atoms in total. The SMILES string of the molecule is CCCC(C#N)NC(C)=O. The Labute approximate surface area is 61.0 Å². The van der Waals surface area contributed by atoms with E-state index in [1.807, 2.05) is 13.0 Å². The van der Waals surface area contributed by atoms with Crippen molar-refractivity contribution >= 4 is 5.91 Å². The van der Waals surface area contributed by atoms with Crippen LogP contribution in [0.4, 0.5) is 0 Å². The summed E-state index contributed by atoms with van der Waals surface area (Å²) in [4.78, 5) is 10.4. The van der Waals surface area contributed by atoms with E-state index in [4.69, 9.17) is 5.26 Å². The third-order valence-electron chi connectivity index (χ3n) is 1.11. The van der Waals surface area contributed by atoms with Gasteiger partial charge in [-0.1, -0.05) is 13.3 Å². The molecule has 0 aliphatic heterocycles. The van der Waals surface area contributed by atoms with Crippen molar-refractivity contribution in [3.05, 3.63) is 0 Å². The van der Waals surface area contributed by atoms with E-state index in [2.05, 4.69) is 5.32 Å². The van der Waals surface area contributed by atoms with Crippen LogP contribution in [0.1, 0.15) is 26.7 Å². The highest BCUT2D eigenvalue weighted by molar-refractivity contribution is 5.73. The second-order valence-corrected chi connectivity index (χ2v) is 2.17. The second kappa shape index (κ2) is 4.80. The van der Waals surface area contributed by atoms with Crippen LogP contribution < -0.4 is 5.32 Å². The van der Waals surface area contributed by atoms with Gasteiger partial charge in [0.15, 0.2) is 0 Å². The summed E-state index contributed by atoms with van der Waals surface area (Å²) in [5.74, 6) is -0.139. The van der Waals surface area contributed by atoms with Crippen LogP contribution in [0.25, 0.3) is 0 Å². The van der Waals surface area contributed by atoms with Gasteiger partial charge >= 0.3 is 0 Å². The van der Waals surface area contributed by atoms with E-state index in [9.17, 15) is 4.79 Å². The standard InChI is InChI=1S/C7H12N2O/c1-3-4-7(5-8)9-6(2)10/h7H,3-4H2,1-2H3,(H,9,10). The van der Waals surface area contributed by atoms with Crippen LogP contribution in [0.3, 0.4) is 0 Å². The zero-order valence-corrected chi connectivity index (χ0v) is 6.35. The fourth-order valence-electron chi connectivity index (χ4n) is 0.703. The van der Waals surface area contributed by atoms with Crippen molar-refractivity contribution in [3.63, 3.8) is 0 Å². The Bertz CT molecular complexity index is 148. The highest BCUT2D eigenvalue weighted by Crippen LogP contribution is 1.93. The van der Waals surface area contributed by atoms with Crippen LogP contribution >= 0.6 is 0 Å². The van der Waals surface area contributed by atoms with Crippen molar-refractivity contribution in [1.29, 1.82) is 5.26 Å². The molecule has 56 valence electrons. The average Bonchev–Trinajstić information content (AvgIpc) is 1.86. The first-order chi connectivity index (χ1) is 4.70. The van der Waals surface area contributed by atoms with Gasteiger partial charge in [0.05, 0.1) is 6.07 Å². The van der Waals surface area contributed by atoms with Gasteiger partial charge in [-0.2, -0.15) is 5.26 Å². The molecule has 10 heavy (non-hydrogen) atoms. The smallest absolute Gasteiger partial charge is 0.217 e. The number of nitrogens with zero attached hydrogens (tertiary/aromatic N) is 1. The molecule has 0 saturated heterocycles. The summed E-state index contributed by atoms with van der Waals surface area (Å²) in [7, 11) is 0. The van der Waals surface area contributed by atoms with E-state index in [0.29, 0.717) is 0 Å². The third kappa shape index (κ3) is 3.90. The maximum absolute atomic E-state index is 10.4. The number of hydrogen-bond acceptors (Lipinski definition) is 2. The van der Waals surface area contributed by atoms with E-state index in [1.54, 1.807) is 0 Å². The number of nitrogens with one attached hydrogen (secondary N) is 1. The monoisotopic (exact) mass is 140 g/mol. The zero-order valence-electron chi connectivity index (χ0n) is 6.35. The number of carbonyl (C=O) groups excluding carboxylic acids is 1. The summed E-state index contributed by atoms with van der Waals surface area (Å²) >= 11 is 0. The number of carbonyl (C=O) groups is 1. The van der Waals surface area contributed by atoms with Crippen molar-refractivity contribution in [2.45, 2.75) is 32.7 Å². The van der Waals surface area contributed by atoms with Gasteiger partial charge < -0.3 is 5.32 Å². The van der Waals surface area contributed by atoms with Gasteiger partial charge in [-0.05, 0) is 6.42 Å². The lowest BCUT2D eigenvalue weighted by atomic mass is 10.2. The molecule has 0 rings (SSSR count). The lowest BCUT2D eigenvalue weighted by Crippen LogP contribution is -2.31. The van der Waals surface area contributed by atoms with Crippen molar-refractivity contribution in [1.82, 2.24) is 5.32 Å². The van der Waals surface area contributed by atoms with Crippen molar-refractivity contribution in [2.75, 3.05) is 0 Å². The number of amides is 1. The highest BCUT2D eigenvalue weighted by atomic mass is 16.1. The fraction of sp³-hybridized carbons (Fsp3) is 0.714. The average molecular weight is 140 g/mol. The first-order valence-corrected chi connectivity index (χ1v) is 3.37. The summed E-state index contributed by atoms with van der Waals surface area (Å²) in [6.45, 7) is 3.39. The van der Waals surface area contributed by atoms with Gasteiger partial charge in [-0.3, -0.25) is 4.79 Å². The van der Waals surface area contributed by atoms with Gasteiger partial charge in [0, 0.05) is 6.92 Å². The molecule has 1 N–H and O–H groups in total. The summed E-state index contributed by atoms with van der Waals surface area (Å²) in [6.07, 6.45) is 1.65. The molecule has 0 spiro atoms. The molecule has 0 aromatic carbocycles. The molecule has 1 amide bonds. The van der Waals surface area contributed by atoms with E-state index in [1.165, 1.54) is 6.92 Å². The van der Waals surface area contributed by atoms with Gasteiger partial charge in [0.2, 0.25) is 5.91 Å². The van der Waals surface area contributed by atoms with Crippen molar-refractivity contribution < 1.29 is 4.79 Å². The third-order valence-corrected chi connectivity index (χ3v) is 1.11. The summed E-state index contributed by atoms with van der Waals surface area (Å²) in [5, 5.41) is 11.0. The normalized spacial score (nSPS) is 11.7. The molecular weight excluding hydrogens is 128 g/mol. The first-order valence-electron chi connectivity index (χ1n) is 3.37. The van der Waals surface area contributed by atoms with Crippen LogP contribution in [0.5, 0.6) is 0 Å². The molecule has 1 unspecified atom stereocenters. The predicted molar refractivity (Wildman–Crippen MR) is 38.1 cm³/mol. The van der Waals surface area contributed by atoms with E-state index < -0.39 is 0 Å². The first kappa shape index (κ1) is 8.96. The molecule has 0 saturated carbocycles. The van der Waals surface area contributed by atoms with Gasteiger partial charge in [0.1, 0.15) is 6.04 Å². The minimum absolute atomic E-state index is 0.139. The fourth-order valence-corrected chi connectivity index (χ4v) is 0.703. The quantitative estimate of drug-likeness (QED) is 0.630. The second-order valence-electron chi connectivity index (χ2n) is 2.17. The molecular formula is C7H12N2O. The molecule has 1 atom stereocenters. The Hall–Kier alpha value is -1.04. The predicted octanol–water partition coefficient (Wildman–Crippen LogP) is 0.815. The molecule has 0 heterocycles. The molecule has 0 aromatic rings. The summed E-state index contributed by atoms with van der Waals surface area (Å²) in [5.41, 5.74) is 0.